The number of aromatic nitrogens is 1. The number of benzene rings is 1. The summed E-state index contributed by atoms with van der Waals surface area (Å²) in [6, 6.07) is 11.4. The first-order valence-corrected chi connectivity index (χ1v) is 7.75. The lowest BCUT2D eigenvalue weighted by molar-refractivity contribution is 0.317. The van der Waals surface area contributed by atoms with Crippen molar-refractivity contribution in [1.29, 1.82) is 0 Å². The molecule has 2 N–H and O–H groups in total. The quantitative estimate of drug-likeness (QED) is 0.887. The molecule has 4 nitrogen and oxygen atoms in total. The van der Waals surface area contributed by atoms with Gasteiger partial charge in [0.25, 0.3) is 5.56 Å². The number of pyridine rings is 1. The van der Waals surface area contributed by atoms with Gasteiger partial charge in [-0.1, -0.05) is 32.9 Å². The molecule has 0 bridgehead atoms. The summed E-state index contributed by atoms with van der Waals surface area (Å²) in [5, 5.41) is 0. The molecule has 0 aliphatic heterocycles. The van der Waals surface area contributed by atoms with Gasteiger partial charge >= 0.3 is 0 Å². The smallest absolute Gasteiger partial charge is 0.274 e. The zero-order chi connectivity index (χ0) is 16.1. The lowest BCUT2D eigenvalue weighted by Crippen LogP contribution is -2.26. The number of rotatable bonds is 6. The molecule has 2 aromatic rings. The highest BCUT2D eigenvalue weighted by molar-refractivity contribution is 5.63. The first kappa shape index (κ1) is 16.1. The zero-order valence-electron chi connectivity index (χ0n) is 13.5. The van der Waals surface area contributed by atoms with E-state index in [2.05, 4.69) is 20.8 Å². The van der Waals surface area contributed by atoms with E-state index < -0.39 is 0 Å². The average molecular weight is 300 g/mol. The summed E-state index contributed by atoms with van der Waals surface area (Å²) in [5.74, 6) is 1.18. The Morgan fingerprint density at radius 3 is 2.68 bits per heavy atom. The van der Waals surface area contributed by atoms with Gasteiger partial charge in [-0.3, -0.25) is 4.79 Å². The van der Waals surface area contributed by atoms with Gasteiger partial charge in [0.1, 0.15) is 5.75 Å². The number of nitrogen functional groups attached to an aromatic ring is 1. The van der Waals surface area contributed by atoms with Crippen LogP contribution in [0.5, 0.6) is 5.75 Å². The Kier molecular flexibility index (Phi) is 5.26. The molecule has 0 aliphatic carbocycles. The summed E-state index contributed by atoms with van der Waals surface area (Å²) in [6.07, 6.45) is 0.962. The van der Waals surface area contributed by atoms with Crippen LogP contribution in [0.3, 0.4) is 0 Å². The van der Waals surface area contributed by atoms with Gasteiger partial charge in [0.15, 0.2) is 0 Å². The van der Waals surface area contributed by atoms with E-state index >= 15 is 0 Å². The number of nitrogens with zero attached hydrogens (tertiary/aromatic N) is 1. The SMILES string of the molecule is CCCOc1cccc(-c2ccc(N)c(=O)n2CC(C)C)c1. The number of hydrogen-bond donors (Lipinski definition) is 1. The highest BCUT2D eigenvalue weighted by Gasteiger charge is 2.11. The van der Waals surface area contributed by atoms with Gasteiger partial charge in [-0.2, -0.15) is 0 Å². The van der Waals surface area contributed by atoms with Gasteiger partial charge in [0, 0.05) is 12.1 Å². The van der Waals surface area contributed by atoms with Gasteiger partial charge in [-0.25, -0.2) is 0 Å². The molecule has 0 radical (unpaired) electrons. The van der Waals surface area contributed by atoms with Crippen molar-refractivity contribution >= 4 is 5.69 Å². The van der Waals surface area contributed by atoms with Crippen molar-refractivity contribution in [1.82, 2.24) is 4.57 Å². The number of hydrogen-bond acceptors (Lipinski definition) is 3. The standard InChI is InChI=1S/C18H24N2O2/c1-4-10-22-15-7-5-6-14(11-15)17-9-8-16(19)18(21)20(17)12-13(2)3/h5-9,11,13H,4,10,12,19H2,1-3H3. The van der Waals surface area contributed by atoms with Crippen molar-refractivity contribution in [3.8, 4) is 17.0 Å². The maximum Gasteiger partial charge on any atom is 0.274 e. The number of nitrogens with two attached hydrogens (primary N) is 1. The van der Waals surface area contributed by atoms with Gasteiger partial charge < -0.3 is 15.0 Å². The van der Waals surface area contributed by atoms with Crippen LogP contribution in [0.2, 0.25) is 0 Å². The van der Waals surface area contributed by atoms with E-state index in [0.29, 0.717) is 19.1 Å². The summed E-state index contributed by atoms with van der Waals surface area (Å²) < 4.78 is 7.43. The van der Waals surface area contributed by atoms with Crippen LogP contribution in [0, 0.1) is 5.92 Å². The molecule has 0 unspecified atom stereocenters. The predicted octanol–water partition coefficient (Wildman–Crippen LogP) is 3.54. The molecule has 0 aliphatic rings. The van der Waals surface area contributed by atoms with Gasteiger partial charge in [0.2, 0.25) is 0 Å². The Labute approximate surface area is 131 Å². The monoisotopic (exact) mass is 300 g/mol. The highest BCUT2D eigenvalue weighted by atomic mass is 16.5. The maximum atomic E-state index is 12.4. The molecule has 0 amide bonds. The topological polar surface area (TPSA) is 57.2 Å². The first-order chi connectivity index (χ1) is 10.5. The largest absolute Gasteiger partial charge is 0.494 e. The Hall–Kier alpha value is -2.23. The number of anilines is 1. The lowest BCUT2D eigenvalue weighted by atomic mass is 10.1. The highest BCUT2D eigenvalue weighted by Crippen LogP contribution is 2.24. The predicted molar refractivity (Wildman–Crippen MR) is 91.2 cm³/mol. The molecule has 1 aromatic heterocycles. The van der Waals surface area contributed by atoms with E-state index in [9.17, 15) is 4.79 Å². The Morgan fingerprint density at radius 2 is 2.00 bits per heavy atom. The fraction of sp³-hybridized carbons (Fsp3) is 0.389. The van der Waals surface area contributed by atoms with Crippen molar-refractivity contribution in [3.63, 3.8) is 0 Å². The molecule has 0 saturated carbocycles. The lowest BCUT2D eigenvalue weighted by Gasteiger charge is -2.16. The van der Waals surface area contributed by atoms with Gasteiger partial charge in [0.05, 0.1) is 18.0 Å². The number of ether oxygens (including phenoxy) is 1. The Bertz CT molecular complexity index is 690. The fourth-order valence-corrected chi connectivity index (χ4v) is 2.36. The van der Waals surface area contributed by atoms with Crippen molar-refractivity contribution < 1.29 is 4.74 Å². The minimum Gasteiger partial charge on any atom is -0.494 e. The molecule has 2 rings (SSSR count). The van der Waals surface area contributed by atoms with E-state index in [-0.39, 0.29) is 11.2 Å². The normalized spacial score (nSPS) is 10.9. The van der Waals surface area contributed by atoms with Crippen LogP contribution < -0.4 is 16.0 Å². The fourth-order valence-electron chi connectivity index (χ4n) is 2.36. The van der Waals surface area contributed by atoms with E-state index in [4.69, 9.17) is 10.5 Å². The average Bonchev–Trinajstić information content (AvgIpc) is 2.50. The molecule has 22 heavy (non-hydrogen) atoms. The maximum absolute atomic E-state index is 12.4. The molecule has 0 atom stereocenters. The van der Waals surface area contributed by atoms with Crippen LogP contribution in [0.15, 0.2) is 41.2 Å². The van der Waals surface area contributed by atoms with Crippen LogP contribution in [-0.4, -0.2) is 11.2 Å². The van der Waals surface area contributed by atoms with Gasteiger partial charge in [-0.15, -0.1) is 0 Å². The van der Waals surface area contributed by atoms with Crippen molar-refractivity contribution in [2.24, 2.45) is 5.92 Å². The Balaban J connectivity index is 2.48. The van der Waals surface area contributed by atoms with E-state index in [0.717, 1.165) is 23.4 Å². The molecule has 0 spiro atoms. The van der Waals surface area contributed by atoms with Crippen LogP contribution in [-0.2, 0) is 6.54 Å². The van der Waals surface area contributed by atoms with Crippen LogP contribution in [0.1, 0.15) is 27.2 Å². The second-order valence-electron chi connectivity index (χ2n) is 5.86. The summed E-state index contributed by atoms with van der Waals surface area (Å²) in [7, 11) is 0. The van der Waals surface area contributed by atoms with E-state index in [1.54, 1.807) is 10.6 Å². The molecule has 0 fully saturated rings. The third-order valence-corrected chi connectivity index (χ3v) is 3.35. The van der Waals surface area contributed by atoms with Crippen molar-refractivity contribution in [2.45, 2.75) is 33.7 Å². The minimum absolute atomic E-state index is 0.133. The van der Waals surface area contributed by atoms with Crippen LogP contribution >= 0.6 is 0 Å². The molecular formula is C18H24N2O2. The van der Waals surface area contributed by atoms with Crippen LogP contribution in [0.25, 0.3) is 11.3 Å². The van der Waals surface area contributed by atoms with Crippen LogP contribution in [0.4, 0.5) is 5.69 Å². The summed E-state index contributed by atoms with van der Waals surface area (Å²) in [4.78, 5) is 12.4. The minimum atomic E-state index is -0.133. The molecule has 0 saturated heterocycles. The second kappa shape index (κ2) is 7.16. The molecular weight excluding hydrogens is 276 g/mol. The van der Waals surface area contributed by atoms with Crippen molar-refractivity contribution in [2.75, 3.05) is 12.3 Å². The summed E-state index contributed by atoms with van der Waals surface area (Å²) >= 11 is 0. The second-order valence-corrected chi connectivity index (χ2v) is 5.86. The first-order valence-electron chi connectivity index (χ1n) is 7.75. The molecule has 1 aromatic carbocycles. The Morgan fingerprint density at radius 1 is 1.23 bits per heavy atom. The zero-order valence-corrected chi connectivity index (χ0v) is 13.5. The third-order valence-electron chi connectivity index (χ3n) is 3.35. The van der Waals surface area contributed by atoms with E-state index in [1.165, 1.54) is 0 Å². The molecule has 118 valence electrons. The third kappa shape index (κ3) is 3.70. The summed E-state index contributed by atoms with van der Waals surface area (Å²) in [6.45, 7) is 7.56. The van der Waals surface area contributed by atoms with Gasteiger partial charge in [-0.05, 0) is 36.6 Å². The van der Waals surface area contributed by atoms with Crippen molar-refractivity contribution in [3.05, 3.63) is 46.8 Å². The molecule has 4 heteroatoms. The molecule has 1 heterocycles. The summed E-state index contributed by atoms with van der Waals surface area (Å²) in [5.41, 5.74) is 7.76. The van der Waals surface area contributed by atoms with E-state index in [1.807, 2.05) is 30.3 Å².